The Morgan fingerprint density at radius 2 is 1.23 bits per heavy atom. The topological polar surface area (TPSA) is 119 Å². The molecule has 0 aliphatic carbocycles. The summed E-state index contributed by atoms with van der Waals surface area (Å²) in [6.07, 6.45) is 3.73. The number of phenolic OH excluding ortho intramolecular Hbond substituents is 1. The molecule has 0 atom stereocenters. The first-order chi connectivity index (χ1) is 12.2. The van der Waals surface area contributed by atoms with Crippen LogP contribution in [-0.4, -0.2) is 37.5 Å². The van der Waals surface area contributed by atoms with Crippen molar-refractivity contribution in [3.8, 4) is 17.2 Å². The third kappa shape index (κ3) is 12.0. The summed E-state index contributed by atoms with van der Waals surface area (Å²) in [5, 5.41) is 9.16. The Morgan fingerprint density at radius 1 is 0.846 bits per heavy atom. The number of rotatable bonds is 8. The first-order valence-electron chi connectivity index (χ1n) is 8.06. The SMILES string of the molecule is CS(=O)(=O)O.Nc1ccc(OCCCCCOc2ccc(O)cc2)cc1. The number of ether oxygens (including phenoxy) is 2. The quantitative estimate of drug-likeness (QED) is 0.364. The van der Waals surface area contributed by atoms with Crippen LogP contribution in [0.5, 0.6) is 17.2 Å². The number of benzene rings is 2. The van der Waals surface area contributed by atoms with Gasteiger partial charge in [0.25, 0.3) is 10.1 Å². The zero-order valence-electron chi connectivity index (χ0n) is 14.7. The Morgan fingerprint density at radius 3 is 1.65 bits per heavy atom. The molecule has 4 N–H and O–H groups in total. The van der Waals surface area contributed by atoms with Crippen molar-refractivity contribution in [3.63, 3.8) is 0 Å². The molecule has 0 radical (unpaired) electrons. The van der Waals surface area contributed by atoms with Crippen molar-refractivity contribution in [1.82, 2.24) is 0 Å². The normalized spacial score (nSPS) is 10.5. The van der Waals surface area contributed by atoms with Crippen LogP contribution in [0.1, 0.15) is 19.3 Å². The number of aromatic hydroxyl groups is 1. The molecule has 0 aromatic heterocycles. The van der Waals surface area contributed by atoms with Gasteiger partial charge in [-0.25, -0.2) is 0 Å². The highest BCUT2D eigenvalue weighted by Crippen LogP contribution is 2.16. The second-order valence-electron chi connectivity index (χ2n) is 5.55. The summed E-state index contributed by atoms with van der Waals surface area (Å²) in [7, 11) is -3.67. The maximum absolute atomic E-state index is 9.19. The van der Waals surface area contributed by atoms with E-state index < -0.39 is 10.1 Å². The summed E-state index contributed by atoms with van der Waals surface area (Å²) in [6, 6.07) is 14.2. The minimum absolute atomic E-state index is 0.252. The fraction of sp³-hybridized carbons (Fsp3) is 0.333. The number of unbranched alkanes of at least 4 members (excludes halogenated alkanes) is 2. The lowest BCUT2D eigenvalue weighted by Gasteiger charge is -2.07. The minimum Gasteiger partial charge on any atom is -0.508 e. The van der Waals surface area contributed by atoms with Crippen LogP contribution in [0.4, 0.5) is 5.69 Å². The lowest BCUT2D eigenvalue weighted by Crippen LogP contribution is -2.01. The number of nitrogen functional groups attached to an aromatic ring is 1. The van der Waals surface area contributed by atoms with Crippen molar-refractivity contribution in [1.29, 1.82) is 0 Å². The second-order valence-corrected chi connectivity index (χ2v) is 7.02. The van der Waals surface area contributed by atoms with Gasteiger partial charge in [0.1, 0.15) is 17.2 Å². The molecular formula is C18H25NO6S. The molecule has 2 aromatic carbocycles. The maximum atomic E-state index is 9.19. The average molecular weight is 383 g/mol. The molecule has 8 heteroatoms. The molecule has 144 valence electrons. The third-order valence-corrected chi connectivity index (χ3v) is 3.04. The van der Waals surface area contributed by atoms with E-state index in [0.717, 1.165) is 36.4 Å². The minimum atomic E-state index is -3.67. The Bertz CT molecular complexity index is 672. The smallest absolute Gasteiger partial charge is 0.261 e. The van der Waals surface area contributed by atoms with E-state index in [9.17, 15) is 8.42 Å². The summed E-state index contributed by atoms with van der Waals surface area (Å²) in [6.45, 7) is 1.37. The molecule has 0 amide bonds. The Hall–Kier alpha value is -2.45. The molecule has 0 aliphatic rings. The second kappa shape index (κ2) is 11.2. The zero-order chi connectivity index (χ0) is 19.4. The van der Waals surface area contributed by atoms with Crippen LogP contribution < -0.4 is 15.2 Å². The summed E-state index contributed by atoms with van der Waals surface area (Å²) < 4.78 is 37.1. The van der Waals surface area contributed by atoms with E-state index in [-0.39, 0.29) is 5.75 Å². The van der Waals surface area contributed by atoms with Gasteiger partial charge in [0, 0.05) is 5.69 Å². The van der Waals surface area contributed by atoms with Gasteiger partial charge in [0.15, 0.2) is 0 Å². The van der Waals surface area contributed by atoms with Crippen molar-refractivity contribution in [3.05, 3.63) is 48.5 Å². The number of hydrogen-bond donors (Lipinski definition) is 3. The van der Waals surface area contributed by atoms with Crippen LogP contribution in [0.15, 0.2) is 48.5 Å². The molecule has 7 nitrogen and oxygen atoms in total. The molecule has 0 saturated carbocycles. The fourth-order valence-electron chi connectivity index (χ4n) is 1.87. The summed E-state index contributed by atoms with van der Waals surface area (Å²) in [4.78, 5) is 0. The van der Waals surface area contributed by atoms with Gasteiger partial charge in [-0.2, -0.15) is 8.42 Å². The van der Waals surface area contributed by atoms with E-state index in [0.29, 0.717) is 19.5 Å². The highest BCUT2D eigenvalue weighted by atomic mass is 32.2. The van der Waals surface area contributed by atoms with E-state index in [1.165, 1.54) is 0 Å². The van der Waals surface area contributed by atoms with Crippen molar-refractivity contribution < 1.29 is 27.6 Å². The molecule has 2 rings (SSSR count). The zero-order valence-corrected chi connectivity index (χ0v) is 15.5. The first-order valence-corrected chi connectivity index (χ1v) is 9.91. The van der Waals surface area contributed by atoms with Crippen LogP contribution in [0.25, 0.3) is 0 Å². The van der Waals surface area contributed by atoms with Crippen LogP contribution >= 0.6 is 0 Å². The fourth-order valence-corrected chi connectivity index (χ4v) is 1.87. The molecule has 2 aromatic rings. The van der Waals surface area contributed by atoms with Crippen molar-refractivity contribution in [2.45, 2.75) is 19.3 Å². The van der Waals surface area contributed by atoms with Gasteiger partial charge in [0.2, 0.25) is 0 Å². The Kier molecular flexibility index (Phi) is 9.32. The molecule has 26 heavy (non-hydrogen) atoms. The highest BCUT2D eigenvalue weighted by Gasteiger charge is 1.96. The number of nitrogens with two attached hydrogens (primary N) is 1. The lowest BCUT2D eigenvalue weighted by molar-refractivity contribution is 0.279. The van der Waals surface area contributed by atoms with Crippen LogP contribution in [0, 0.1) is 0 Å². The maximum Gasteiger partial charge on any atom is 0.261 e. The lowest BCUT2D eigenvalue weighted by atomic mass is 10.2. The van der Waals surface area contributed by atoms with Crippen LogP contribution in [-0.2, 0) is 10.1 Å². The summed E-state index contributed by atoms with van der Waals surface area (Å²) >= 11 is 0. The van der Waals surface area contributed by atoms with Gasteiger partial charge in [-0.3, -0.25) is 4.55 Å². The summed E-state index contributed by atoms with van der Waals surface area (Å²) in [5.74, 6) is 1.89. The molecule has 0 spiro atoms. The Balaban J connectivity index is 0.000000597. The van der Waals surface area contributed by atoms with E-state index in [2.05, 4.69) is 0 Å². The molecular weight excluding hydrogens is 358 g/mol. The number of phenols is 1. The van der Waals surface area contributed by atoms with Gasteiger partial charge in [-0.05, 0) is 67.8 Å². The van der Waals surface area contributed by atoms with E-state index >= 15 is 0 Å². The van der Waals surface area contributed by atoms with Gasteiger partial charge >= 0.3 is 0 Å². The molecule has 0 aliphatic heterocycles. The van der Waals surface area contributed by atoms with E-state index in [1.807, 2.05) is 24.3 Å². The Labute approximate surface area is 154 Å². The standard InChI is InChI=1S/C17H21NO3.CH4O3S/c18-14-4-8-16(9-5-14)20-12-2-1-3-13-21-17-10-6-15(19)7-11-17;1-5(2,3)4/h4-11,19H,1-3,12-13,18H2;1H3,(H,2,3,4). The number of hydrogen-bond acceptors (Lipinski definition) is 6. The van der Waals surface area contributed by atoms with Crippen LogP contribution in [0.2, 0.25) is 0 Å². The molecule has 0 heterocycles. The van der Waals surface area contributed by atoms with Gasteiger partial charge < -0.3 is 20.3 Å². The molecule has 0 fully saturated rings. The molecule has 0 saturated heterocycles. The predicted molar refractivity (Wildman–Crippen MR) is 101 cm³/mol. The third-order valence-electron chi connectivity index (χ3n) is 3.04. The highest BCUT2D eigenvalue weighted by molar-refractivity contribution is 7.85. The average Bonchev–Trinajstić information content (AvgIpc) is 2.56. The predicted octanol–water partition coefficient (Wildman–Crippen LogP) is 3.11. The monoisotopic (exact) mass is 383 g/mol. The van der Waals surface area contributed by atoms with Gasteiger partial charge in [-0.15, -0.1) is 0 Å². The van der Waals surface area contributed by atoms with Crippen molar-refractivity contribution >= 4 is 15.8 Å². The van der Waals surface area contributed by atoms with E-state index in [4.69, 9.17) is 24.9 Å². The van der Waals surface area contributed by atoms with Crippen molar-refractivity contribution in [2.24, 2.45) is 0 Å². The van der Waals surface area contributed by atoms with E-state index in [1.54, 1.807) is 24.3 Å². The van der Waals surface area contributed by atoms with Crippen molar-refractivity contribution in [2.75, 3.05) is 25.2 Å². The molecule has 0 unspecified atom stereocenters. The largest absolute Gasteiger partial charge is 0.508 e. The van der Waals surface area contributed by atoms with Crippen LogP contribution in [0.3, 0.4) is 0 Å². The van der Waals surface area contributed by atoms with Gasteiger partial charge in [-0.1, -0.05) is 0 Å². The summed E-state index contributed by atoms with van der Waals surface area (Å²) in [5.41, 5.74) is 6.35. The number of anilines is 1. The first kappa shape index (κ1) is 21.6. The van der Waals surface area contributed by atoms with Gasteiger partial charge in [0.05, 0.1) is 19.5 Å². The molecule has 0 bridgehead atoms.